The molecule has 0 aromatic heterocycles. The minimum atomic E-state index is -0.405. The molecule has 1 aliphatic carbocycles. The van der Waals surface area contributed by atoms with Crippen LogP contribution in [-0.4, -0.2) is 5.60 Å². The Morgan fingerprint density at radius 2 is 1.90 bits per heavy atom. The summed E-state index contributed by atoms with van der Waals surface area (Å²) in [5.41, 5.74) is -0.405. The van der Waals surface area contributed by atoms with Crippen LogP contribution in [0.3, 0.4) is 0 Å². The van der Waals surface area contributed by atoms with Gasteiger partial charge in [-0.05, 0) is 23.8 Å². The van der Waals surface area contributed by atoms with Gasteiger partial charge in [0.1, 0.15) is 5.60 Å². The van der Waals surface area contributed by atoms with Crippen molar-refractivity contribution >= 4 is 0 Å². The predicted octanol–water partition coefficient (Wildman–Crippen LogP) is 3.00. The van der Waals surface area contributed by atoms with Gasteiger partial charge in [-0.25, -0.2) is 0 Å². The summed E-state index contributed by atoms with van der Waals surface area (Å²) in [5.74, 6) is 0. The van der Waals surface area contributed by atoms with Gasteiger partial charge in [0.25, 0.3) is 0 Å². The highest BCUT2D eigenvalue weighted by Gasteiger charge is 2.32. The van der Waals surface area contributed by atoms with Gasteiger partial charge in [0.15, 0.2) is 0 Å². The Morgan fingerprint density at radius 3 is 2.20 bits per heavy atom. The normalized spacial score (nSPS) is 24.6. The van der Waals surface area contributed by atoms with Gasteiger partial charge in [0, 0.05) is 0 Å². The van der Waals surface area contributed by atoms with Gasteiger partial charge < -0.3 is 0 Å². The molecular formula is C8H15FO. The molecular weight excluding hydrogens is 131 g/mol. The van der Waals surface area contributed by atoms with Crippen molar-refractivity contribution in [3.8, 4) is 0 Å². The molecule has 0 aliphatic heterocycles. The Labute approximate surface area is 61.5 Å². The van der Waals surface area contributed by atoms with E-state index in [1.165, 1.54) is 6.42 Å². The van der Waals surface area contributed by atoms with E-state index in [-0.39, 0.29) is 0 Å². The fraction of sp³-hybridized carbons (Fsp3) is 1.00. The second kappa shape index (κ2) is 3.33. The molecule has 60 valence electrons. The Bertz CT molecular complexity index is 91.4. The van der Waals surface area contributed by atoms with E-state index in [2.05, 4.69) is 4.94 Å². The summed E-state index contributed by atoms with van der Waals surface area (Å²) in [6.45, 7) is 1.99. The van der Waals surface area contributed by atoms with Crippen molar-refractivity contribution in [3.05, 3.63) is 0 Å². The molecule has 1 fully saturated rings. The maximum atomic E-state index is 12.0. The molecule has 1 nitrogen and oxygen atoms in total. The molecule has 1 saturated carbocycles. The molecule has 0 atom stereocenters. The molecule has 0 unspecified atom stereocenters. The van der Waals surface area contributed by atoms with Gasteiger partial charge in [-0.15, -0.1) is 0 Å². The largest absolute Gasteiger partial charge is 0.188 e. The zero-order chi connectivity index (χ0) is 7.45. The van der Waals surface area contributed by atoms with E-state index >= 15 is 0 Å². The minimum absolute atomic E-state index is 0.405. The van der Waals surface area contributed by atoms with Gasteiger partial charge in [-0.2, -0.15) is 4.94 Å². The Morgan fingerprint density at radius 1 is 1.30 bits per heavy atom. The van der Waals surface area contributed by atoms with Crippen LogP contribution in [-0.2, 0) is 4.94 Å². The number of hydrogen-bond donors (Lipinski definition) is 0. The molecule has 0 amide bonds. The minimum Gasteiger partial charge on any atom is -0.188 e. The van der Waals surface area contributed by atoms with Crippen LogP contribution < -0.4 is 0 Å². The SMILES string of the molecule is CCC1(OF)CCCCC1. The Hall–Kier alpha value is -0.110. The van der Waals surface area contributed by atoms with Gasteiger partial charge in [-0.1, -0.05) is 26.2 Å². The highest BCUT2D eigenvalue weighted by atomic mass is 19.3. The lowest BCUT2D eigenvalue weighted by molar-refractivity contribution is -0.248. The molecule has 0 aromatic rings. The topological polar surface area (TPSA) is 9.23 Å². The molecule has 0 heterocycles. The van der Waals surface area contributed by atoms with Crippen molar-refractivity contribution in [2.45, 2.75) is 51.0 Å². The third kappa shape index (κ3) is 1.48. The van der Waals surface area contributed by atoms with Crippen molar-refractivity contribution < 1.29 is 9.47 Å². The quantitative estimate of drug-likeness (QED) is 0.582. The standard InChI is InChI=1S/C8H15FO/c1-2-8(10-9)6-4-3-5-7-8/h2-7H2,1H3. The average molecular weight is 146 g/mol. The van der Waals surface area contributed by atoms with Crippen molar-refractivity contribution in [2.75, 3.05) is 0 Å². The van der Waals surface area contributed by atoms with Crippen molar-refractivity contribution in [2.24, 2.45) is 0 Å². The van der Waals surface area contributed by atoms with E-state index in [0.717, 1.165) is 32.1 Å². The van der Waals surface area contributed by atoms with Gasteiger partial charge >= 0.3 is 0 Å². The first-order chi connectivity index (χ1) is 4.83. The third-order valence-electron chi connectivity index (χ3n) is 2.57. The number of halogens is 1. The molecule has 0 spiro atoms. The summed E-state index contributed by atoms with van der Waals surface area (Å²) in [5, 5.41) is 0. The highest BCUT2D eigenvalue weighted by molar-refractivity contribution is 4.81. The first kappa shape index (κ1) is 7.99. The summed E-state index contributed by atoms with van der Waals surface area (Å²) in [6, 6.07) is 0. The predicted molar refractivity (Wildman–Crippen MR) is 38.3 cm³/mol. The van der Waals surface area contributed by atoms with E-state index in [4.69, 9.17) is 0 Å². The van der Waals surface area contributed by atoms with E-state index < -0.39 is 5.60 Å². The molecule has 1 aliphatic rings. The van der Waals surface area contributed by atoms with E-state index in [0.29, 0.717) is 0 Å². The highest BCUT2D eigenvalue weighted by Crippen LogP contribution is 2.34. The van der Waals surface area contributed by atoms with Crippen LogP contribution in [0.1, 0.15) is 45.4 Å². The lowest BCUT2D eigenvalue weighted by Gasteiger charge is -2.31. The first-order valence-electron chi connectivity index (χ1n) is 4.13. The van der Waals surface area contributed by atoms with Crippen molar-refractivity contribution in [1.29, 1.82) is 0 Å². The summed E-state index contributed by atoms with van der Waals surface area (Å²) in [7, 11) is 0. The van der Waals surface area contributed by atoms with Crippen molar-refractivity contribution in [3.63, 3.8) is 0 Å². The second-order valence-corrected chi connectivity index (χ2v) is 3.17. The van der Waals surface area contributed by atoms with Gasteiger partial charge in [0.2, 0.25) is 0 Å². The van der Waals surface area contributed by atoms with Gasteiger partial charge in [-0.3, -0.25) is 0 Å². The van der Waals surface area contributed by atoms with Crippen molar-refractivity contribution in [1.82, 2.24) is 0 Å². The summed E-state index contributed by atoms with van der Waals surface area (Å²) in [6.07, 6.45) is 6.10. The van der Waals surface area contributed by atoms with Crippen LogP contribution in [0.5, 0.6) is 0 Å². The van der Waals surface area contributed by atoms with E-state index in [1.807, 2.05) is 6.92 Å². The Kier molecular flexibility index (Phi) is 2.66. The molecule has 0 bridgehead atoms. The van der Waals surface area contributed by atoms with E-state index in [9.17, 15) is 4.53 Å². The van der Waals surface area contributed by atoms with Crippen LogP contribution in [0.25, 0.3) is 0 Å². The van der Waals surface area contributed by atoms with Crippen LogP contribution in [0.15, 0.2) is 0 Å². The fourth-order valence-corrected chi connectivity index (χ4v) is 1.68. The summed E-state index contributed by atoms with van der Waals surface area (Å²) >= 11 is 0. The van der Waals surface area contributed by atoms with Crippen LogP contribution in [0, 0.1) is 0 Å². The van der Waals surface area contributed by atoms with Crippen LogP contribution >= 0.6 is 0 Å². The number of hydrogen-bond acceptors (Lipinski definition) is 1. The summed E-state index contributed by atoms with van der Waals surface area (Å²) in [4.78, 5) is 4.03. The van der Waals surface area contributed by atoms with E-state index in [1.54, 1.807) is 0 Å². The molecule has 1 rings (SSSR count). The molecule has 10 heavy (non-hydrogen) atoms. The zero-order valence-electron chi connectivity index (χ0n) is 6.53. The third-order valence-corrected chi connectivity index (χ3v) is 2.57. The summed E-state index contributed by atoms with van der Waals surface area (Å²) < 4.78 is 12.0. The average Bonchev–Trinajstić information content (AvgIpc) is 2.06. The second-order valence-electron chi connectivity index (χ2n) is 3.17. The molecule has 0 N–H and O–H groups in total. The lowest BCUT2D eigenvalue weighted by Crippen LogP contribution is -2.31. The first-order valence-corrected chi connectivity index (χ1v) is 4.13. The van der Waals surface area contributed by atoms with Crippen LogP contribution in [0.4, 0.5) is 4.53 Å². The molecule has 0 aromatic carbocycles. The molecule has 0 saturated heterocycles. The monoisotopic (exact) mass is 146 g/mol. The number of rotatable bonds is 2. The maximum absolute atomic E-state index is 12.0. The molecule has 2 heteroatoms. The zero-order valence-corrected chi connectivity index (χ0v) is 6.53. The Balaban J connectivity index is 2.44. The smallest absolute Gasteiger partial charge is 0.109 e. The molecule has 0 radical (unpaired) electrons. The lowest BCUT2D eigenvalue weighted by atomic mass is 9.83. The maximum Gasteiger partial charge on any atom is 0.109 e. The fourth-order valence-electron chi connectivity index (χ4n) is 1.68. The van der Waals surface area contributed by atoms with Crippen LogP contribution in [0.2, 0.25) is 0 Å². The van der Waals surface area contributed by atoms with Gasteiger partial charge in [0.05, 0.1) is 0 Å².